The number of carbonyl (C=O) groups excluding carboxylic acids is 2. The Morgan fingerprint density at radius 2 is 1.79 bits per heavy atom. The minimum absolute atomic E-state index is 0.130. The molecule has 0 saturated carbocycles. The van der Waals surface area contributed by atoms with E-state index >= 15 is 0 Å². The Bertz CT molecular complexity index is 875. The molecular formula is C22H27ClN4O2. The molecule has 0 bridgehead atoms. The summed E-state index contributed by atoms with van der Waals surface area (Å²) in [6, 6.07) is 11.4. The van der Waals surface area contributed by atoms with E-state index in [1.54, 1.807) is 33.2 Å². The first-order valence-corrected chi connectivity index (χ1v) is 10.2. The molecule has 0 radical (unpaired) electrons. The van der Waals surface area contributed by atoms with Crippen molar-refractivity contribution < 1.29 is 9.59 Å². The number of halogens is 1. The minimum Gasteiger partial charge on any atom is -0.349 e. The number of benzene rings is 1. The third-order valence-corrected chi connectivity index (χ3v) is 5.45. The lowest BCUT2D eigenvalue weighted by Gasteiger charge is -2.32. The number of piperidine rings is 1. The number of aromatic nitrogens is 1. The van der Waals surface area contributed by atoms with Crippen molar-refractivity contribution >= 4 is 23.4 Å². The summed E-state index contributed by atoms with van der Waals surface area (Å²) in [5.41, 5.74) is 2.67. The average Bonchev–Trinajstić information content (AvgIpc) is 2.70. The van der Waals surface area contributed by atoms with Gasteiger partial charge < -0.3 is 10.2 Å². The van der Waals surface area contributed by atoms with Gasteiger partial charge in [-0.05, 0) is 49.6 Å². The topological polar surface area (TPSA) is 65.5 Å². The second-order valence-corrected chi connectivity index (χ2v) is 8.12. The van der Waals surface area contributed by atoms with Crippen LogP contribution in [-0.2, 0) is 6.54 Å². The maximum absolute atomic E-state index is 12.7. The zero-order chi connectivity index (χ0) is 21.0. The number of hydrogen-bond acceptors (Lipinski definition) is 4. The van der Waals surface area contributed by atoms with Crippen LogP contribution in [-0.4, -0.2) is 59.8 Å². The smallest absolute Gasteiger partial charge is 0.271 e. The number of carbonyl (C=O) groups is 2. The fraction of sp³-hybridized carbons (Fsp3) is 0.409. The van der Waals surface area contributed by atoms with Crippen LogP contribution in [0.2, 0.25) is 5.02 Å². The van der Waals surface area contributed by atoms with Gasteiger partial charge in [-0.1, -0.05) is 23.7 Å². The third-order valence-electron chi connectivity index (χ3n) is 5.20. The Kier molecular flexibility index (Phi) is 6.87. The molecule has 1 aromatic carbocycles. The van der Waals surface area contributed by atoms with Crippen LogP contribution < -0.4 is 5.32 Å². The van der Waals surface area contributed by atoms with Crippen molar-refractivity contribution in [2.45, 2.75) is 32.4 Å². The van der Waals surface area contributed by atoms with Crippen LogP contribution in [0.4, 0.5) is 0 Å². The minimum atomic E-state index is -0.173. The van der Waals surface area contributed by atoms with Crippen molar-refractivity contribution in [1.29, 1.82) is 0 Å². The van der Waals surface area contributed by atoms with Crippen molar-refractivity contribution in [1.82, 2.24) is 20.1 Å². The van der Waals surface area contributed by atoms with Crippen LogP contribution >= 0.6 is 11.6 Å². The lowest BCUT2D eigenvalue weighted by molar-refractivity contribution is 0.0819. The van der Waals surface area contributed by atoms with Gasteiger partial charge in [0.15, 0.2) is 0 Å². The number of pyridine rings is 1. The van der Waals surface area contributed by atoms with E-state index in [1.807, 2.05) is 12.1 Å². The summed E-state index contributed by atoms with van der Waals surface area (Å²) in [6.45, 7) is 4.51. The quantitative estimate of drug-likeness (QED) is 0.816. The van der Waals surface area contributed by atoms with Crippen LogP contribution in [0, 0.1) is 6.92 Å². The highest BCUT2D eigenvalue weighted by atomic mass is 35.5. The Labute approximate surface area is 176 Å². The number of amides is 2. The lowest BCUT2D eigenvalue weighted by atomic mass is 10.0. The van der Waals surface area contributed by atoms with Crippen molar-refractivity contribution in [2.75, 3.05) is 27.2 Å². The Balaban J connectivity index is 1.53. The SMILES string of the molecule is Cc1nc(C(=O)N(C)C)ccc1C(=O)NC1CCN(Cc2ccc(Cl)cc2)CC1. The first kappa shape index (κ1) is 21.3. The molecule has 29 heavy (non-hydrogen) atoms. The van der Waals surface area contributed by atoms with Gasteiger partial charge in [-0.2, -0.15) is 0 Å². The summed E-state index contributed by atoms with van der Waals surface area (Å²) in [7, 11) is 3.36. The fourth-order valence-electron chi connectivity index (χ4n) is 3.50. The summed E-state index contributed by atoms with van der Waals surface area (Å²) in [4.78, 5) is 32.9. The zero-order valence-electron chi connectivity index (χ0n) is 17.1. The summed E-state index contributed by atoms with van der Waals surface area (Å²) >= 11 is 5.94. The van der Waals surface area contributed by atoms with Gasteiger partial charge in [0, 0.05) is 44.8 Å². The Morgan fingerprint density at radius 3 is 2.38 bits per heavy atom. The first-order valence-electron chi connectivity index (χ1n) is 9.80. The monoisotopic (exact) mass is 414 g/mol. The number of rotatable bonds is 5. The maximum atomic E-state index is 12.7. The van der Waals surface area contributed by atoms with Gasteiger partial charge in [-0.25, -0.2) is 4.98 Å². The molecule has 6 nitrogen and oxygen atoms in total. The van der Waals surface area contributed by atoms with Crippen molar-refractivity contribution in [3.8, 4) is 0 Å². The second kappa shape index (κ2) is 9.37. The van der Waals surface area contributed by atoms with Gasteiger partial charge in [0.05, 0.1) is 11.3 Å². The number of nitrogens with zero attached hydrogens (tertiary/aromatic N) is 3. The van der Waals surface area contributed by atoms with E-state index in [0.717, 1.165) is 37.5 Å². The normalized spacial score (nSPS) is 15.2. The number of aryl methyl sites for hydroxylation is 1. The first-order chi connectivity index (χ1) is 13.8. The zero-order valence-corrected chi connectivity index (χ0v) is 17.9. The second-order valence-electron chi connectivity index (χ2n) is 7.68. The van der Waals surface area contributed by atoms with Crippen LogP contribution in [0.25, 0.3) is 0 Å². The van der Waals surface area contributed by atoms with Crippen molar-refractivity contribution in [3.05, 3.63) is 63.9 Å². The molecule has 1 aliphatic rings. The van der Waals surface area contributed by atoms with E-state index in [-0.39, 0.29) is 17.9 Å². The van der Waals surface area contributed by atoms with E-state index in [1.165, 1.54) is 10.5 Å². The standard InChI is InChI=1S/C22H27ClN4O2/c1-15-19(8-9-20(24-15)22(29)26(2)3)21(28)25-18-10-12-27(13-11-18)14-16-4-6-17(23)7-5-16/h4-9,18H,10-14H2,1-3H3,(H,25,28). The highest BCUT2D eigenvalue weighted by Gasteiger charge is 2.22. The van der Waals surface area contributed by atoms with Crippen LogP contribution in [0.5, 0.6) is 0 Å². The molecule has 0 aliphatic carbocycles. The predicted molar refractivity (Wildman–Crippen MR) is 114 cm³/mol. The molecule has 1 fully saturated rings. The van der Waals surface area contributed by atoms with Crippen molar-refractivity contribution in [3.63, 3.8) is 0 Å². The molecule has 1 N–H and O–H groups in total. The molecule has 2 heterocycles. The molecule has 1 aliphatic heterocycles. The van der Waals surface area contributed by atoms with Gasteiger partial charge in [0.25, 0.3) is 11.8 Å². The largest absolute Gasteiger partial charge is 0.349 e. The predicted octanol–water partition coefficient (Wildman–Crippen LogP) is 3.14. The maximum Gasteiger partial charge on any atom is 0.271 e. The summed E-state index contributed by atoms with van der Waals surface area (Å²) in [5.74, 6) is -0.303. The van der Waals surface area contributed by atoms with Gasteiger partial charge >= 0.3 is 0 Å². The third kappa shape index (κ3) is 5.55. The lowest BCUT2D eigenvalue weighted by Crippen LogP contribution is -2.44. The number of hydrogen-bond donors (Lipinski definition) is 1. The summed E-state index contributed by atoms with van der Waals surface area (Å²) in [6.07, 6.45) is 1.81. The van der Waals surface area contributed by atoms with E-state index in [2.05, 4.69) is 27.3 Å². The van der Waals surface area contributed by atoms with Gasteiger partial charge in [-0.15, -0.1) is 0 Å². The van der Waals surface area contributed by atoms with Gasteiger partial charge in [-0.3, -0.25) is 14.5 Å². The highest BCUT2D eigenvalue weighted by molar-refractivity contribution is 6.30. The van der Waals surface area contributed by atoms with E-state index in [0.29, 0.717) is 17.0 Å². The molecular weight excluding hydrogens is 388 g/mol. The molecule has 7 heteroatoms. The molecule has 0 spiro atoms. The average molecular weight is 415 g/mol. The van der Waals surface area contributed by atoms with Gasteiger partial charge in [0.1, 0.15) is 5.69 Å². The number of likely N-dealkylation sites (tertiary alicyclic amines) is 1. The van der Waals surface area contributed by atoms with E-state index in [4.69, 9.17) is 11.6 Å². The molecule has 1 saturated heterocycles. The highest BCUT2D eigenvalue weighted by Crippen LogP contribution is 2.17. The van der Waals surface area contributed by atoms with Crippen molar-refractivity contribution in [2.24, 2.45) is 0 Å². The van der Waals surface area contributed by atoms with Crippen LogP contribution in [0.15, 0.2) is 36.4 Å². The molecule has 0 atom stereocenters. The molecule has 1 aromatic heterocycles. The van der Waals surface area contributed by atoms with E-state index < -0.39 is 0 Å². The molecule has 2 aromatic rings. The fourth-order valence-corrected chi connectivity index (χ4v) is 3.62. The van der Waals surface area contributed by atoms with Crippen LogP contribution in [0.3, 0.4) is 0 Å². The molecule has 3 rings (SSSR count). The Hall–Kier alpha value is -2.44. The Morgan fingerprint density at radius 1 is 1.14 bits per heavy atom. The number of nitrogens with one attached hydrogen (secondary N) is 1. The molecule has 2 amide bonds. The van der Waals surface area contributed by atoms with Gasteiger partial charge in [0.2, 0.25) is 0 Å². The summed E-state index contributed by atoms with van der Waals surface area (Å²) in [5, 5.41) is 3.87. The molecule has 0 unspecified atom stereocenters. The summed E-state index contributed by atoms with van der Waals surface area (Å²) < 4.78 is 0. The van der Waals surface area contributed by atoms with E-state index in [9.17, 15) is 9.59 Å². The van der Waals surface area contributed by atoms with Crippen LogP contribution in [0.1, 0.15) is 44.9 Å². The molecule has 154 valence electrons.